The van der Waals surface area contributed by atoms with Crippen LogP contribution in [0.2, 0.25) is 0 Å². The van der Waals surface area contributed by atoms with E-state index in [-0.39, 0.29) is 11.7 Å². The van der Waals surface area contributed by atoms with Gasteiger partial charge in [0.2, 0.25) is 0 Å². The molecule has 3 aromatic rings. The second-order valence-corrected chi connectivity index (χ2v) is 5.87. The van der Waals surface area contributed by atoms with Gasteiger partial charge in [-0.15, -0.1) is 0 Å². The number of nitro benzene ring substituents is 1. The molecule has 0 spiro atoms. The molecule has 4 rings (SSSR count). The van der Waals surface area contributed by atoms with E-state index < -0.39 is 4.92 Å². The predicted octanol–water partition coefficient (Wildman–Crippen LogP) is 3.95. The first kappa shape index (κ1) is 14.4. The van der Waals surface area contributed by atoms with Crippen LogP contribution in [-0.2, 0) is 6.42 Å². The fourth-order valence-electron chi connectivity index (χ4n) is 3.41. The van der Waals surface area contributed by atoms with Crippen molar-refractivity contribution in [1.29, 1.82) is 0 Å². The highest BCUT2D eigenvalue weighted by Gasteiger charge is 2.25. The van der Waals surface area contributed by atoms with E-state index in [2.05, 4.69) is 10.3 Å². The van der Waals surface area contributed by atoms with Crippen LogP contribution in [0.25, 0.3) is 10.9 Å². The predicted molar refractivity (Wildman–Crippen MR) is 91.2 cm³/mol. The zero-order chi connectivity index (χ0) is 16.7. The number of pyridine rings is 1. The highest BCUT2D eigenvalue weighted by atomic mass is 16.6. The molecule has 2 aromatic carbocycles. The van der Waals surface area contributed by atoms with Crippen LogP contribution in [0.3, 0.4) is 0 Å². The molecule has 1 aromatic heterocycles. The van der Waals surface area contributed by atoms with E-state index in [9.17, 15) is 15.2 Å². The summed E-state index contributed by atoms with van der Waals surface area (Å²) in [5, 5.41) is 25.1. The third kappa shape index (κ3) is 2.23. The number of nitrogens with one attached hydrogen (secondary N) is 1. The van der Waals surface area contributed by atoms with Crippen LogP contribution in [0.1, 0.15) is 23.6 Å². The molecule has 0 saturated heterocycles. The maximum absolute atomic E-state index is 11.2. The van der Waals surface area contributed by atoms with E-state index in [1.54, 1.807) is 30.5 Å². The molecule has 24 heavy (non-hydrogen) atoms. The SMILES string of the molecule is O=[N+]([O-])c1ccc(NC2CCc3c(O)cccc32)c2ncccc12. The van der Waals surface area contributed by atoms with Gasteiger partial charge in [-0.25, -0.2) is 0 Å². The van der Waals surface area contributed by atoms with Gasteiger partial charge in [-0.1, -0.05) is 12.1 Å². The Labute approximate surface area is 137 Å². The quantitative estimate of drug-likeness (QED) is 0.563. The number of benzene rings is 2. The number of nitro groups is 1. The summed E-state index contributed by atoms with van der Waals surface area (Å²) >= 11 is 0. The molecule has 1 atom stereocenters. The summed E-state index contributed by atoms with van der Waals surface area (Å²) in [5.74, 6) is 0.323. The second kappa shape index (κ2) is 5.49. The lowest BCUT2D eigenvalue weighted by atomic mass is 10.1. The van der Waals surface area contributed by atoms with Crippen molar-refractivity contribution in [3.05, 3.63) is 69.9 Å². The first-order valence-corrected chi connectivity index (χ1v) is 7.74. The molecular formula is C18H15N3O3. The van der Waals surface area contributed by atoms with Crippen LogP contribution >= 0.6 is 0 Å². The highest BCUT2D eigenvalue weighted by Crippen LogP contribution is 2.39. The average Bonchev–Trinajstić information content (AvgIpc) is 2.99. The number of phenolic OH excluding ortho intramolecular Hbond substituents is 1. The Bertz CT molecular complexity index is 955. The van der Waals surface area contributed by atoms with Crippen molar-refractivity contribution < 1.29 is 10.0 Å². The average molecular weight is 321 g/mol. The van der Waals surface area contributed by atoms with Gasteiger partial charge in [0.05, 0.1) is 22.0 Å². The van der Waals surface area contributed by atoms with Crippen molar-refractivity contribution in [1.82, 2.24) is 4.98 Å². The van der Waals surface area contributed by atoms with E-state index >= 15 is 0 Å². The standard InChI is InChI=1S/C18H15N3O3/c22-17-5-1-3-11-12(17)6-7-14(11)20-15-8-9-16(21(23)24)13-4-2-10-19-18(13)15/h1-5,8-10,14,20,22H,6-7H2. The van der Waals surface area contributed by atoms with E-state index in [1.807, 2.05) is 12.1 Å². The van der Waals surface area contributed by atoms with E-state index in [4.69, 9.17) is 0 Å². The summed E-state index contributed by atoms with van der Waals surface area (Å²) in [6.07, 6.45) is 3.29. The van der Waals surface area contributed by atoms with E-state index in [0.29, 0.717) is 16.7 Å². The molecule has 0 amide bonds. The molecule has 0 bridgehead atoms. The smallest absolute Gasteiger partial charge is 0.278 e. The molecule has 1 aliphatic carbocycles. The van der Waals surface area contributed by atoms with Gasteiger partial charge in [-0.05, 0) is 48.2 Å². The van der Waals surface area contributed by atoms with E-state index in [0.717, 1.165) is 29.7 Å². The maximum Gasteiger partial charge on any atom is 0.278 e. The zero-order valence-corrected chi connectivity index (χ0v) is 12.8. The summed E-state index contributed by atoms with van der Waals surface area (Å²) in [5.41, 5.74) is 3.43. The fraction of sp³-hybridized carbons (Fsp3) is 0.167. The minimum atomic E-state index is -0.392. The third-order valence-electron chi connectivity index (χ3n) is 4.52. The Balaban J connectivity index is 1.76. The van der Waals surface area contributed by atoms with Crippen molar-refractivity contribution in [2.75, 3.05) is 5.32 Å². The molecule has 1 aliphatic rings. The largest absolute Gasteiger partial charge is 0.508 e. The van der Waals surface area contributed by atoms with Crippen LogP contribution < -0.4 is 5.32 Å². The van der Waals surface area contributed by atoms with Gasteiger partial charge >= 0.3 is 0 Å². The van der Waals surface area contributed by atoms with Gasteiger partial charge in [0.25, 0.3) is 5.69 Å². The molecule has 0 radical (unpaired) electrons. The normalized spacial score (nSPS) is 16.1. The van der Waals surface area contributed by atoms with E-state index in [1.165, 1.54) is 6.07 Å². The van der Waals surface area contributed by atoms with Crippen molar-refractivity contribution in [3.63, 3.8) is 0 Å². The van der Waals surface area contributed by atoms with Gasteiger partial charge in [0.15, 0.2) is 0 Å². The Morgan fingerprint density at radius 3 is 2.92 bits per heavy atom. The topological polar surface area (TPSA) is 88.3 Å². The molecule has 6 heteroatoms. The maximum atomic E-state index is 11.2. The number of phenols is 1. The highest BCUT2D eigenvalue weighted by molar-refractivity contribution is 5.96. The van der Waals surface area contributed by atoms with Crippen molar-refractivity contribution in [2.45, 2.75) is 18.9 Å². The fourth-order valence-corrected chi connectivity index (χ4v) is 3.41. The lowest BCUT2D eigenvalue weighted by Gasteiger charge is -2.17. The monoisotopic (exact) mass is 321 g/mol. The summed E-state index contributed by atoms with van der Waals surface area (Å²) < 4.78 is 0. The van der Waals surface area contributed by atoms with Crippen molar-refractivity contribution in [2.24, 2.45) is 0 Å². The number of fused-ring (bicyclic) bond motifs is 2. The Morgan fingerprint density at radius 2 is 2.08 bits per heavy atom. The molecule has 1 heterocycles. The Morgan fingerprint density at radius 1 is 1.21 bits per heavy atom. The minimum Gasteiger partial charge on any atom is -0.508 e. The third-order valence-corrected chi connectivity index (χ3v) is 4.52. The molecule has 2 N–H and O–H groups in total. The van der Waals surface area contributed by atoms with Gasteiger partial charge < -0.3 is 10.4 Å². The summed E-state index contributed by atoms with van der Waals surface area (Å²) in [6.45, 7) is 0. The molecule has 1 unspecified atom stereocenters. The number of hydrogen-bond donors (Lipinski definition) is 2. The van der Waals surface area contributed by atoms with Crippen LogP contribution in [0, 0.1) is 10.1 Å². The number of aromatic nitrogens is 1. The second-order valence-electron chi connectivity index (χ2n) is 5.87. The lowest BCUT2D eigenvalue weighted by Crippen LogP contribution is -2.08. The summed E-state index contributed by atoms with van der Waals surface area (Å²) in [6, 6.07) is 12.2. The summed E-state index contributed by atoms with van der Waals surface area (Å²) in [4.78, 5) is 15.1. The number of rotatable bonds is 3. The van der Waals surface area contributed by atoms with Crippen molar-refractivity contribution >= 4 is 22.3 Å². The number of anilines is 1. The first-order valence-electron chi connectivity index (χ1n) is 7.74. The molecular weight excluding hydrogens is 306 g/mol. The van der Waals surface area contributed by atoms with Crippen LogP contribution in [0.5, 0.6) is 5.75 Å². The molecule has 120 valence electrons. The molecule has 0 saturated carbocycles. The van der Waals surface area contributed by atoms with Crippen LogP contribution in [-0.4, -0.2) is 15.0 Å². The Kier molecular flexibility index (Phi) is 3.30. The molecule has 0 aliphatic heterocycles. The van der Waals surface area contributed by atoms with Gasteiger partial charge in [0.1, 0.15) is 11.3 Å². The van der Waals surface area contributed by atoms with Gasteiger partial charge in [-0.2, -0.15) is 0 Å². The lowest BCUT2D eigenvalue weighted by molar-refractivity contribution is -0.383. The zero-order valence-electron chi connectivity index (χ0n) is 12.8. The number of aromatic hydroxyl groups is 1. The minimum absolute atomic E-state index is 0.0492. The van der Waals surface area contributed by atoms with Crippen LogP contribution in [0.4, 0.5) is 11.4 Å². The first-order chi connectivity index (χ1) is 11.6. The van der Waals surface area contributed by atoms with Crippen LogP contribution in [0.15, 0.2) is 48.7 Å². The Hall–Kier alpha value is -3.15. The molecule has 0 fully saturated rings. The summed E-state index contributed by atoms with van der Waals surface area (Å²) in [7, 11) is 0. The number of hydrogen-bond acceptors (Lipinski definition) is 5. The number of non-ortho nitro benzene ring substituents is 1. The van der Waals surface area contributed by atoms with Gasteiger partial charge in [-0.3, -0.25) is 15.1 Å². The number of nitrogens with zero attached hydrogens (tertiary/aromatic N) is 2. The van der Waals surface area contributed by atoms with Gasteiger partial charge in [0, 0.05) is 12.3 Å². The molecule has 6 nitrogen and oxygen atoms in total. The van der Waals surface area contributed by atoms with Crippen molar-refractivity contribution in [3.8, 4) is 5.75 Å².